The molecule has 7 heteroatoms. The molecule has 0 unspecified atom stereocenters. The molecule has 1 aromatic heterocycles. The van der Waals surface area contributed by atoms with E-state index in [0.29, 0.717) is 0 Å². The Morgan fingerprint density at radius 3 is 2.59 bits per heavy atom. The third-order valence-corrected chi connectivity index (χ3v) is 3.39. The molecule has 2 N–H and O–H groups in total. The lowest BCUT2D eigenvalue weighted by molar-refractivity contribution is 0.1000. The first-order valence-corrected chi connectivity index (χ1v) is 6.40. The van der Waals surface area contributed by atoms with Crippen LogP contribution in [0.5, 0.6) is 0 Å². The summed E-state index contributed by atoms with van der Waals surface area (Å²) in [4.78, 5) is 10.8. The highest BCUT2D eigenvalue weighted by Crippen LogP contribution is 2.28. The summed E-state index contributed by atoms with van der Waals surface area (Å²) in [5, 5.41) is 0.0151. The number of hydrogen-bond donors (Lipinski definition) is 1. The summed E-state index contributed by atoms with van der Waals surface area (Å²) >= 11 is 0. The molecule has 0 radical (unpaired) electrons. The van der Waals surface area contributed by atoms with Crippen molar-refractivity contribution in [2.45, 2.75) is 4.90 Å². The van der Waals surface area contributed by atoms with Crippen molar-refractivity contribution in [3.63, 3.8) is 0 Å². The van der Waals surface area contributed by atoms with E-state index in [1.807, 2.05) is 0 Å². The van der Waals surface area contributed by atoms with Crippen LogP contribution in [0.4, 0.5) is 4.39 Å². The first-order valence-electron chi connectivity index (χ1n) is 4.51. The number of furan rings is 1. The van der Waals surface area contributed by atoms with Gasteiger partial charge in [-0.05, 0) is 12.1 Å². The smallest absolute Gasteiger partial charge is 0.248 e. The van der Waals surface area contributed by atoms with Gasteiger partial charge in [0.15, 0.2) is 21.2 Å². The van der Waals surface area contributed by atoms with Crippen molar-refractivity contribution >= 4 is 26.7 Å². The second-order valence-corrected chi connectivity index (χ2v) is 5.56. The van der Waals surface area contributed by atoms with E-state index in [4.69, 9.17) is 10.2 Å². The number of carbonyl (C=O) groups excluding carboxylic acids is 1. The normalized spacial score (nSPS) is 11.9. The van der Waals surface area contributed by atoms with Gasteiger partial charge in [-0.2, -0.15) is 0 Å². The summed E-state index contributed by atoms with van der Waals surface area (Å²) in [6, 6.07) is 2.10. The summed E-state index contributed by atoms with van der Waals surface area (Å²) in [5.74, 6) is -1.67. The Balaban J connectivity index is 2.88. The maximum Gasteiger partial charge on any atom is 0.248 e. The van der Waals surface area contributed by atoms with E-state index < -0.39 is 21.6 Å². The van der Waals surface area contributed by atoms with Gasteiger partial charge in [-0.1, -0.05) is 0 Å². The van der Waals surface area contributed by atoms with Gasteiger partial charge >= 0.3 is 0 Å². The second kappa shape index (κ2) is 3.56. The molecule has 5 nitrogen and oxygen atoms in total. The van der Waals surface area contributed by atoms with E-state index in [1.165, 1.54) is 6.07 Å². The molecule has 2 rings (SSSR count). The van der Waals surface area contributed by atoms with Crippen LogP contribution in [0, 0.1) is 5.82 Å². The molecular weight excluding hydrogens is 249 g/mol. The molecule has 0 spiro atoms. The minimum absolute atomic E-state index is 0.0151. The molecule has 0 saturated heterocycles. The molecule has 0 saturated carbocycles. The molecule has 0 aliphatic rings. The molecule has 1 aromatic carbocycles. The Kier molecular flexibility index (Phi) is 2.43. The first kappa shape index (κ1) is 11.6. The van der Waals surface area contributed by atoms with Crippen LogP contribution in [0.25, 0.3) is 11.0 Å². The van der Waals surface area contributed by atoms with Gasteiger partial charge in [0.05, 0.1) is 0 Å². The highest BCUT2D eigenvalue weighted by molar-refractivity contribution is 7.91. The Bertz CT molecular complexity index is 717. The molecule has 0 bridgehead atoms. The maximum absolute atomic E-state index is 13.5. The third-order valence-electron chi connectivity index (χ3n) is 2.28. The topological polar surface area (TPSA) is 90.4 Å². The van der Waals surface area contributed by atoms with E-state index >= 15 is 0 Å². The summed E-state index contributed by atoms with van der Waals surface area (Å²) in [5.41, 5.74) is 4.69. The number of carbonyl (C=O) groups is 1. The van der Waals surface area contributed by atoms with Crippen LogP contribution in [0.15, 0.2) is 27.7 Å². The molecule has 0 aliphatic carbocycles. The number of hydrogen-bond acceptors (Lipinski definition) is 4. The van der Waals surface area contributed by atoms with E-state index in [1.54, 1.807) is 0 Å². The number of nitrogens with two attached hydrogens (primary N) is 1. The van der Waals surface area contributed by atoms with Crippen LogP contribution in [0.2, 0.25) is 0 Å². The highest BCUT2D eigenvalue weighted by Gasteiger charge is 2.19. The lowest BCUT2D eigenvalue weighted by atomic mass is 10.1. The molecule has 1 amide bonds. The fourth-order valence-corrected chi connectivity index (χ4v) is 2.28. The molecule has 90 valence electrons. The summed E-state index contributed by atoms with van der Waals surface area (Å²) < 4.78 is 41.2. The number of benzene rings is 1. The van der Waals surface area contributed by atoms with Crippen LogP contribution in [0.1, 0.15) is 10.4 Å². The number of primary amides is 1. The van der Waals surface area contributed by atoms with Gasteiger partial charge in [0.1, 0.15) is 11.2 Å². The van der Waals surface area contributed by atoms with Gasteiger partial charge in [0.25, 0.3) is 0 Å². The van der Waals surface area contributed by atoms with Gasteiger partial charge < -0.3 is 10.2 Å². The lowest BCUT2D eigenvalue weighted by Crippen LogP contribution is -2.11. The maximum atomic E-state index is 13.5. The van der Waals surface area contributed by atoms with Crippen molar-refractivity contribution in [2.24, 2.45) is 5.73 Å². The van der Waals surface area contributed by atoms with Gasteiger partial charge in [0, 0.05) is 17.2 Å². The van der Waals surface area contributed by atoms with Crippen molar-refractivity contribution in [3.8, 4) is 0 Å². The fraction of sp³-hybridized carbons (Fsp3) is 0.100. The SMILES string of the molecule is CS(=O)(=O)c1coc2c(F)cc(C(N)=O)cc12. The van der Waals surface area contributed by atoms with E-state index in [-0.39, 0.29) is 21.4 Å². The fourth-order valence-electron chi connectivity index (χ4n) is 1.50. The van der Waals surface area contributed by atoms with Crippen molar-refractivity contribution in [2.75, 3.05) is 6.26 Å². The number of halogens is 1. The van der Waals surface area contributed by atoms with Gasteiger partial charge in [-0.15, -0.1) is 0 Å². The molecule has 2 aromatic rings. The predicted molar refractivity (Wildman–Crippen MR) is 57.8 cm³/mol. The van der Waals surface area contributed by atoms with E-state index in [2.05, 4.69) is 0 Å². The molecule has 0 atom stereocenters. The quantitative estimate of drug-likeness (QED) is 0.871. The van der Waals surface area contributed by atoms with Gasteiger partial charge in [-0.3, -0.25) is 4.79 Å². The summed E-state index contributed by atoms with van der Waals surface area (Å²) in [6.45, 7) is 0. The zero-order chi connectivity index (χ0) is 12.8. The van der Waals surface area contributed by atoms with Crippen molar-refractivity contribution < 1.29 is 22.0 Å². The molecule has 0 aliphatic heterocycles. The van der Waals surface area contributed by atoms with Crippen molar-refractivity contribution in [1.29, 1.82) is 0 Å². The number of amides is 1. The van der Waals surface area contributed by atoms with Gasteiger partial charge in [0.2, 0.25) is 5.91 Å². The second-order valence-electron chi connectivity index (χ2n) is 3.57. The average Bonchev–Trinajstić information content (AvgIpc) is 2.60. The average molecular weight is 257 g/mol. The highest BCUT2D eigenvalue weighted by atomic mass is 32.2. The lowest BCUT2D eigenvalue weighted by Gasteiger charge is -1.98. The number of fused-ring (bicyclic) bond motifs is 1. The molecule has 17 heavy (non-hydrogen) atoms. The third kappa shape index (κ3) is 1.89. The van der Waals surface area contributed by atoms with Gasteiger partial charge in [-0.25, -0.2) is 12.8 Å². The van der Waals surface area contributed by atoms with Crippen LogP contribution < -0.4 is 5.73 Å². The molecular formula is C10H8FNO4S. The zero-order valence-corrected chi connectivity index (χ0v) is 9.55. The Morgan fingerprint density at radius 1 is 1.41 bits per heavy atom. The minimum atomic E-state index is -3.56. The van der Waals surface area contributed by atoms with Crippen molar-refractivity contribution in [3.05, 3.63) is 29.8 Å². The summed E-state index contributed by atoms with van der Waals surface area (Å²) in [6.07, 6.45) is 1.90. The number of sulfone groups is 1. The van der Waals surface area contributed by atoms with Crippen molar-refractivity contribution in [1.82, 2.24) is 0 Å². The van der Waals surface area contributed by atoms with Crippen LogP contribution >= 0.6 is 0 Å². The monoisotopic (exact) mass is 257 g/mol. The zero-order valence-electron chi connectivity index (χ0n) is 8.73. The Morgan fingerprint density at radius 2 is 2.06 bits per heavy atom. The van der Waals surface area contributed by atoms with Crippen LogP contribution in [-0.2, 0) is 9.84 Å². The molecule has 1 heterocycles. The molecule has 0 fully saturated rings. The van der Waals surface area contributed by atoms with E-state index in [9.17, 15) is 17.6 Å². The Labute approximate surface area is 95.9 Å². The minimum Gasteiger partial charge on any atom is -0.460 e. The van der Waals surface area contributed by atoms with E-state index in [0.717, 1.165) is 18.6 Å². The van der Waals surface area contributed by atoms with Crippen LogP contribution in [-0.4, -0.2) is 20.6 Å². The standard InChI is InChI=1S/C10H8FNO4S/c1-17(14,15)8-4-16-9-6(8)2-5(10(12)13)3-7(9)11/h2-4H,1H3,(H2,12,13). The number of rotatable bonds is 2. The first-order chi connectivity index (χ1) is 7.80. The predicted octanol–water partition coefficient (Wildman–Crippen LogP) is 1.07. The Hall–Kier alpha value is -1.89. The largest absolute Gasteiger partial charge is 0.460 e. The van der Waals surface area contributed by atoms with Crippen LogP contribution in [0.3, 0.4) is 0 Å². The summed E-state index contributed by atoms with van der Waals surface area (Å²) in [7, 11) is -3.56.